The van der Waals surface area contributed by atoms with Crippen LogP contribution in [0.5, 0.6) is 5.75 Å². The third-order valence-electron chi connectivity index (χ3n) is 2.58. The van der Waals surface area contributed by atoms with Gasteiger partial charge in [-0.25, -0.2) is 0 Å². The predicted octanol–water partition coefficient (Wildman–Crippen LogP) is 2.20. The van der Waals surface area contributed by atoms with Gasteiger partial charge >= 0.3 is 0 Å². The summed E-state index contributed by atoms with van der Waals surface area (Å²) in [5.41, 5.74) is 0.972. The van der Waals surface area contributed by atoms with Gasteiger partial charge in [0, 0.05) is 18.2 Å². The standard InChI is InChI=1S/C12H15NO/c14-12-8-4-1-5-10(12)9-13-11-6-2-3-7-11/h1-5,8,11,13-14H,6-7,9H2. The molecular formula is C12H15NO. The van der Waals surface area contributed by atoms with Crippen molar-refractivity contribution in [1.82, 2.24) is 5.32 Å². The normalized spacial score (nSPS) is 16.3. The number of phenols is 1. The molecule has 0 spiro atoms. The smallest absolute Gasteiger partial charge is 0.120 e. The van der Waals surface area contributed by atoms with Crippen molar-refractivity contribution in [2.24, 2.45) is 0 Å². The minimum Gasteiger partial charge on any atom is -0.508 e. The Morgan fingerprint density at radius 3 is 2.64 bits per heavy atom. The van der Waals surface area contributed by atoms with E-state index in [1.165, 1.54) is 0 Å². The molecular weight excluding hydrogens is 174 g/mol. The SMILES string of the molecule is Oc1ccccc1CNC1CC=CC1. The Balaban J connectivity index is 1.88. The van der Waals surface area contributed by atoms with E-state index in [0.717, 1.165) is 24.9 Å². The second-order valence-corrected chi connectivity index (χ2v) is 3.65. The summed E-state index contributed by atoms with van der Waals surface area (Å²) >= 11 is 0. The first kappa shape index (κ1) is 9.28. The van der Waals surface area contributed by atoms with Gasteiger partial charge in [-0.15, -0.1) is 0 Å². The molecule has 0 aliphatic heterocycles. The van der Waals surface area contributed by atoms with E-state index in [4.69, 9.17) is 0 Å². The zero-order valence-corrected chi connectivity index (χ0v) is 8.11. The lowest BCUT2D eigenvalue weighted by Gasteiger charge is -2.12. The van der Waals surface area contributed by atoms with Crippen molar-refractivity contribution >= 4 is 0 Å². The van der Waals surface area contributed by atoms with Crippen molar-refractivity contribution in [3.05, 3.63) is 42.0 Å². The largest absolute Gasteiger partial charge is 0.508 e. The first-order valence-electron chi connectivity index (χ1n) is 5.01. The van der Waals surface area contributed by atoms with Crippen LogP contribution in [0.4, 0.5) is 0 Å². The summed E-state index contributed by atoms with van der Waals surface area (Å²) in [7, 11) is 0. The Kier molecular flexibility index (Phi) is 2.84. The Morgan fingerprint density at radius 2 is 1.93 bits per heavy atom. The molecule has 1 aliphatic rings. The van der Waals surface area contributed by atoms with Crippen LogP contribution in [0.25, 0.3) is 0 Å². The Labute approximate surface area is 84.3 Å². The lowest BCUT2D eigenvalue weighted by atomic mass is 10.1. The highest BCUT2D eigenvalue weighted by Crippen LogP contribution is 2.16. The number of para-hydroxylation sites is 1. The molecule has 0 heterocycles. The number of hydrogen-bond donors (Lipinski definition) is 2. The highest BCUT2D eigenvalue weighted by Gasteiger charge is 2.09. The summed E-state index contributed by atoms with van der Waals surface area (Å²) in [6.45, 7) is 0.749. The topological polar surface area (TPSA) is 32.3 Å². The maximum absolute atomic E-state index is 9.53. The zero-order valence-electron chi connectivity index (χ0n) is 8.11. The molecule has 74 valence electrons. The molecule has 0 amide bonds. The minimum absolute atomic E-state index is 0.381. The third-order valence-corrected chi connectivity index (χ3v) is 2.58. The zero-order chi connectivity index (χ0) is 9.80. The number of nitrogens with one attached hydrogen (secondary N) is 1. The van der Waals surface area contributed by atoms with Crippen LogP contribution in [-0.4, -0.2) is 11.1 Å². The van der Waals surface area contributed by atoms with E-state index in [2.05, 4.69) is 17.5 Å². The molecule has 2 heteroatoms. The number of hydrogen-bond acceptors (Lipinski definition) is 2. The summed E-state index contributed by atoms with van der Waals surface area (Å²) < 4.78 is 0. The first-order valence-corrected chi connectivity index (χ1v) is 5.01. The van der Waals surface area contributed by atoms with Crippen LogP contribution in [0.3, 0.4) is 0 Å². The second kappa shape index (κ2) is 4.29. The quantitative estimate of drug-likeness (QED) is 0.714. The molecule has 0 radical (unpaired) electrons. The van der Waals surface area contributed by atoms with Crippen LogP contribution in [0.15, 0.2) is 36.4 Å². The fraction of sp³-hybridized carbons (Fsp3) is 0.333. The fourth-order valence-corrected chi connectivity index (χ4v) is 1.70. The molecule has 2 rings (SSSR count). The molecule has 0 fully saturated rings. The van der Waals surface area contributed by atoms with Gasteiger partial charge in [-0.05, 0) is 18.9 Å². The van der Waals surface area contributed by atoms with Crippen LogP contribution in [0.2, 0.25) is 0 Å². The molecule has 2 nitrogen and oxygen atoms in total. The first-order chi connectivity index (χ1) is 6.86. The predicted molar refractivity (Wildman–Crippen MR) is 57.1 cm³/mol. The maximum atomic E-state index is 9.53. The monoisotopic (exact) mass is 189 g/mol. The van der Waals surface area contributed by atoms with Crippen LogP contribution in [0.1, 0.15) is 18.4 Å². The van der Waals surface area contributed by atoms with E-state index in [0.29, 0.717) is 11.8 Å². The molecule has 14 heavy (non-hydrogen) atoms. The van der Waals surface area contributed by atoms with Gasteiger partial charge in [0.25, 0.3) is 0 Å². The van der Waals surface area contributed by atoms with Gasteiger partial charge in [-0.1, -0.05) is 30.4 Å². The lowest BCUT2D eigenvalue weighted by molar-refractivity contribution is 0.458. The van der Waals surface area contributed by atoms with Gasteiger partial charge in [0.15, 0.2) is 0 Å². The van der Waals surface area contributed by atoms with Crippen molar-refractivity contribution in [2.45, 2.75) is 25.4 Å². The number of benzene rings is 1. The van der Waals surface area contributed by atoms with E-state index >= 15 is 0 Å². The average Bonchev–Trinajstić information content (AvgIpc) is 2.69. The van der Waals surface area contributed by atoms with E-state index in [1.807, 2.05) is 18.2 Å². The molecule has 0 aromatic heterocycles. The van der Waals surface area contributed by atoms with E-state index < -0.39 is 0 Å². The second-order valence-electron chi connectivity index (χ2n) is 3.65. The van der Waals surface area contributed by atoms with Crippen LogP contribution in [-0.2, 0) is 6.54 Å². The van der Waals surface area contributed by atoms with Crippen molar-refractivity contribution in [3.8, 4) is 5.75 Å². The molecule has 2 N–H and O–H groups in total. The highest BCUT2D eigenvalue weighted by molar-refractivity contribution is 5.31. The summed E-state index contributed by atoms with van der Waals surface area (Å²) in [5, 5.41) is 12.9. The van der Waals surface area contributed by atoms with Gasteiger partial charge in [-0.3, -0.25) is 0 Å². The Bertz CT molecular complexity index is 325. The molecule has 1 aliphatic carbocycles. The number of phenolic OH excluding ortho intramolecular Hbond substituents is 1. The van der Waals surface area contributed by atoms with Gasteiger partial charge < -0.3 is 10.4 Å². The molecule has 1 aromatic rings. The highest BCUT2D eigenvalue weighted by atomic mass is 16.3. The third kappa shape index (κ3) is 2.15. The van der Waals surface area contributed by atoms with E-state index in [1.54, 1.807) is 6.07 Å². The van der Waals surface area contributed by atoms with Gasteiger partial charge in [0.1, 0.15) is 5.75 Å². The molecule has 0 bridgehead atoms. The van der Waals surface area contributed by atoms with Crippen molar-refractivity contribution < 1.29 is 5.11 Å². The van der Waals surface area contributed by atoms with Crippen LogP contribution in [0, 0.1) is 0 Å². The summed E-state index contributed by atoms with van der Waals surface area (Å²) in [4.78, 5) is 0. The van der Waals surface area contributed by atoms with Gasteiger partial charge in [-0.2, -0.15) is 0 Å². The molecule has 0 atom stereocenters. The minimum atomic E-state index is 0.381. The summed E-state index contributed by atoms with van der Waals surface area (Å²) in [5.74, 6) is 0.381. The van der Waals surface area contributed by atoms with Crippen LogP contribution >= 0.6 is 0 Å². The van der Waals surface area contributed by atoms with Crippen molar-refractivity contribution in [3.63, 3.8) is 0 Å². The van der Waals surface area contributed by atoms with Crippen molar-refractivity contribution in [1.29, 1.82) is 0 Å². The lowest BCUT2D eigenvalue weighted by Crippen LogP contribution is -2.25. The number of aromatic hydroxyl groups is 1. The molecule has 0 saturated heterocycles. The van der Waals surface area contributed by atoms with Gasteiger partial charge in [0.2, 0.25) is 0 Å². The van der Waals surface area contributed by atoms with E-state index in [-0.39, 0.29) is 0 Å². The Hall–Kier alpha value is -1.28. The Morgan fingerprint density at radius 1 is 1.21 bits per heavy atom. The number of rotatable bonds is 3. The van der Waals surface area contributed by atoms with Gasteiger partial charge in [0.05, 0.1) is 0 Å². The average molecular weight is 189 g/mol. The molecule has 0 saturated carbocycles. The van der Waals surface area contributed by atoms with Crippen LogP contribution < -0.4 is 5.32 Å². The molecule has 0 unspecified atom stereocenters. The van der Waals surface area contributed by atoms with Crippen molar-refractivity contribution in [2.75, 3.05) is 0 Å². The van der Waals surface area contributed by atoms with E-state index in [9.17, 15) is 5.11 Å². The molecule has 1 aromatic carbocycles. The summed E-state index contributed by atoms with van der Waals surface area (Å²) in [6.07, 6.45) is 6.60. The maximum Gasteiger partial charge on any atom is 0.120 e. The summed E-state index contributed by atoms with van der Waals surface area (Å²) in [6, 6.07) is 8.02. The fourth-order valence-electron chi connectivity index (χ4n) is 1.70.